The first-order valence-electron chi connectivity index (χ1n) is 6.30. The predicted octanol–water partition coefficient (Wildman–Crippen LogP) is 5.01. The molecule has 0 unspecified atom stereocenters. The first-order valence-corrected chi connectivity index (χ1v) is 7.12. The van der Waals surface area contributed by atoms with E-state index in [9.17, 15) is 17.6 Å². The molecule has 0 aliphatic carbocycles. The molecule has 2 N–H and O–H groups in total. The van der Waals surface area contributed by atoms with Gasteiger partial charge in [0.2, 0.25) is 0 Å². The van der Waals surface area contributed by atoms with Gasteiger partial charge in [0.1, 0.15) is 10.6 Å². The van der Waals surface area contributed by atoms with Crippen LogP contribution in [0.25, 0.3) is 20.7 Å². The number of rotatable bonds is 1. The van der Waals surface area contributed by atoms with E-state index in [0.29, 0.717) is 10.4 Å². The number of nitrogen functional groups attached to an aromatic ring is 1. The van der Waals surface area contributed by atoms with E-state index in [1.165, 1.54) is 31.2 Å². The Balaban J connectivity index is 2.32. The van der Waals surface area contributed by atoms with E-state index in [2.05, 4.69) is 4.98 Å². The lowest BCUT2D eigenvalue weighted by Crippen LogP contribution is -2.07. The molecule has 2 aromatic heterocycles. The number of alkyl halides is 3. The number of halogens is 4. The van der Waals surface area contributed by atoms with E-state index < -0.39 is 17.6 Å². The van der Waals surface area contributed by atoms with Gasteiger partial charge in [0, 0.05) is 11.1 Å². The minimum atomic E-state index is -4.51. The van der Waals surface area contributed by atoms with Crippen LogP contribution >= 0.6 is 11.3 Å². The Morgan fingerprint density at radius 2 is 1.77 bits per heavy atom. The third-order valence-electron chi connectivity index (χ3n) is 3.24. The molecule has 0 fully saturated rings. The summed E-state index contributed by atoms with van der Waals surface area (Å²) < 4.78 is 52.6. The van der Waals surface area contributed by atoms with E-state index >= 15 is 0 Å². The molecule has 3 rings (SSSR count). The largest absolute Gasteiger partial charge is 0.417 e. The molecular formula is C15H10F4N2S. The summed E-state index contributed by atoms with van der Waals surface area (Å²) in [4.78, 5) is 4.82. The number of thiophene rings is 1. The maximum atomic E-state index is 13.2. The Labute approximate surface area is 127 Å². The standard InChI is InChI=1S/C15H10F4N2S/c1-7-6-10(15(17,18)19)11-12(20)13(22-14(11)21-7)8-2-4-9(16)5-3-8/h2-6H,20H2,1H3. The second-order valence-electron chi connectivity index (χ2n) is 4.84. The second-order valence-corrected chi connectivity index (χ2v) is 5.84. The number of aryl methyl sites for hydroxylation is 1. The lowest BCUT2D eigenvalue weighted by Gasteiger charge is -2.09. The van der Waals surface area contributed by atoms with Crippen LogP contribution in [0.4, 0.5) is 23.2 Å². The van der Waals surface area contributed by atoms with Crippen molar-refractivity contribution in [3.05, 3.63) is 47.4 Å². The van der Waals surface area contributed by atoms with Gasteiger partial charge in [0.25, 0.3) is 0 Å². The van der Waals surface area contributed by atoms with Crippen LogP contribution in [0.3, 0.4) is 0 Å². The summed E-state index contributed by atoms with van der Waals surface area (Å²) >= 11 is 1.07. The molecule has 22 heavy (non-hydrogen) atoms. The molecule has 0 spiro atoms. The van der Waals surface area contributed by atoms with Gasteiger partial charge in [-0.25, -0.2) is 9.37 Å². The van der Waals surface area contributed by atoms with Crippen LogP contribution < -0.4 is 5.73 Å². The number of hydrogen-bond acceptors (Lipinski definition) is 3. The topological polar surface area (TPSA) is 38.9 Å². The fourth-order valence-corrected chi connectivity index (χ4v) is 3.45. The monoisotopic (exact) mass is 326 g/mol. The normalized spacial score (nSPS) is 12.0. The molecule has 2 nitrogen and oxygen atoms in total. The van der Waals surface area contributed by atoms with E-state index in [4.69, 9.17) is 5.73 Å². The fraction of sp³-hybridized carbons (Fsp3) is 0.133. The van der Waals surface area contributed by atoms with Crippen molar-refractivity contribution in [2.75, 3.05) is 5.73 Å². The lowest BCUT2D eigenvalue weighted by molar-refractivity contribution is -0.136. The van der Waals surface area contributed by atoms with Gasteiger partial charge >= 0.3 is 6.18 Å². The van der Waals surface area contributed by atoms with E-state index in [1.54, 1.807) is 0 Å². The van der Waals surface area contributed by atoms with Crippen LogP contribution in [0, 0.1) is 12.7 Å². The van der Waals surface area contributed by atoms with Gasteiger partial charge in [-0.2, -0.15) is 13.2 Å². The second kappa shape index (κ2) is 4.95. The zero-order valence-electron chi connectivity index (χ0n) is 11.3. The van der Waals surface area contributed by atoms with Crippen molar-refractivity contribution in [3.63, 3.8) is 0 Å². The Morgan fingerprint density at radius 3 is 2.36 bits per heavy atom. The molecule has 0 aliphatic heterocycles. The average molecular weight is 326 g/mol. The number of hydrogen-bond donors (Lipinski definition) is 1. The van der Waals surface area contributed by atoms with Crippen molar-refractivity contribution in [2.24, 2.45) is 0 Å². The van der Waals surface area contributed by atoms with Crippen molar-refractivity contribution in [1.29, 1.82) is 0 Å². The van der Waals surface area contributed by atoms with Crippen LogP contribution in [0.1, 0.15) is 11.3 Å². The van der Waals surface area contributed by atoms with E-state index in [-0.39, 0.29) is 21.6 Å². The summed E-state index contributed by atoms with van der Waals surface area (Å²) in [5.74, 6) is -0.423. The highest BCUT2D eigenvalue weighted by Crippen LogP contribution is 2.45. The molecule has 114 valence electrons. The number of benzene rings is 1. The highest BCUT2D eigenvalue weighted by atomic mass is 32.1. The summed E-state index contributed by atoms with van der Waals surface area (Å²) in [6.45, 7) is 1.50. The van der Waals surface area contributed by atoms with Crippen molar-refractivity contribution >= 4 is 27.2 Å². The minimum Gasteiger partial charge on any atom is -0.397 e. The number of aromatic nitrogens is 1. The predicted molar refractivity (Wildman–Crippen MR) is 79.2 cm³/mol. The van der Waals surface area contributed by atoms with Gasteiger partial charge in [-0.15, -0.1) is 11.3 Å². The fourth-order valence-electron chi connectivity index (χ4n) is 2.28. The van der Waals surface area contributed by atoms with Gasteiger partial charge in [0.05, 0.1) is 16.1 Å². The maximum Gasteiger partial charge on any atom is 0.417 e. The van der Waals surface area contributed by atoms with Crippen LogP contribution in [0.2, 0.25) is 0 Å². The highest BCUT2D eigenvalue weighted by molar-refractivity contribution is 7.22. The number of pyridine rings is 1. The molecule has 0 saturated heterocycles. The van der Waals surface area contributed by atoms with Gasteiger partial charge < -0.3 is 5.73 Å². The van der Waals surface area contributed by atoms with Crippen LogP contribution in [-0.2, 0) is 6.18 Å². The molecule has 0 radical (unpaired) electrons. The highest BCUT2D eigenvalue weighted by Gasteiger charge is 2.35. The first kappa shape index (κ1) is 14.8. The Hall–Kier alpha value is -2.15. The summed E-state index contributed by atoms with van der Waals surface area (Å²) in [6, 6.07) is 6.43. The molecule has 0 atom stereocenters. The SMILES string of the molecule is Cc1cc(C(F)(F)F)c2c(N)c(-c3ccc(F)cc3)sc2n1. The number of nitrogens with two attached hydrogens (primary N) is 1. The third kappa shape index (κ3) is 2.41. The van der Waals surface area contributed by atoms with Crippen molar-refractivity contribution in [1.82, 2.24) is 4.98 Å². The molecule has 0 aliphatic rings. The zero-order chi connectivity index (χ0) is 16.1. The molecule has 0 saturated carbocycles. The Bertz CT molecular complexity index is 851. The van der Waals surface area contributed by atoms with Gasteiger partial charge in [-0.3, -0.25) is 0 Å². The molecule has 2 heterocycles. The summed E-state index contributed by atoms with van der Waals surface area (Å²) in [7, 11) is 0. The molecule has 3 aromatic rings. The molecule has 7 heteroatoms. The molecular weight excluding hydrogens is 316 g/mol. The summed E-state index contributed by atoms with van der Waals surface area (Å²) in [5, 5.41) is -0.0950. The smallest absolute Gasteiger partial charge is 0.397 e. The van der Waals surface area contributed by atoms with Crippen molar-refractivity contribution in [3.8, 4) is 10.4 Å². The first-order chi connectivity index (χ1) is 10.3. The summed E-state index contributed by atoms with van der Waals surface area (Å²) in [5.41, 5.74) is 5.99. The maximum absolute atomic E-state index is 13.2. The van der Waals surface area contributed by atoms with Crippen molar-refractivity contribution < 1.29 is 17.6 Å². The molecule has 1 aromatic carbocycles. The molecule has 0 amide bonds. The summed E-state index contributed by atoms with van der Waals surface area (Å²) in [6.07, 6.45) is -4.51. The van der Waals surface area contributed by atoms with Crippen molar-refractivity contribution in [2.45, 2.75) is 13.1 Å². The quantitative estimate of drug-likeness (QED) is 0.638. The number of anilines is 1. The van der Waals surface area contributed by atoms with Gasteiger partial charge in [0.15, 0.2) is 0 Å². The van der Waals surface area contributed by atoms with Gasteiger partial charge in [-0.1, -0.05) is 12.1 Å². The molecule has 0 bridgehead atoms. The Morgan fingerprint density at radius 1 is 1.14 bits per heavy atom. The number of nitrogens with zero attached hydrogens (tertiary/aromatic N) is 1. The van der Waals surface area contributed by atoms with E-state index in [0.717, 1.165) is 17.4 Å². The Kier molecular flexibility index (Phi) is 3.32. The number of fused-ring (bicyclic) bond motifs is 1. The van der Waals surface area contributed by atoms with Crippen LogP contribution in [-0.4, -0.2) is 4.98 Å². The zero-order valence-corrected chi connectivity index (χ0v) is 12.1. The lowest BCUT2D eigenvalue weighted by atomic mass is 10.1. The van der Waals surface area contributed by atoms with Crippen LogP contribution in [0.15, 0.2) is 30.3 Å². The van der Waals surface area contributed by atoms with Crippen LogP contribution in [0.5, 0.6) is 0 Å². The van der Waals surface area contributed by atoms with Gasteiger partial charge in [-0.05, 0) is 30.7 Å². The minimum absolute atomic E-state index is 0.0198. The third-order valence-corrected chi connectivity index (χ3v) is 4.39. The average Bonchev–Trinajstić information content (AvgIpc) is 2.75. The van der Waals surface area contributed by atoms with E-state index in [1.807, 2.05) is 0 Å².